The normalized spacial score (nSPS) is 19.3. The van der Waals surface area contributed by atoms with Crippen molar-refractivity contribution in [2.45, 2.75) is 71.3 Å². The first-order chi connectivity index (χ1) is 9.28. The molecular formula is C16H28N2S. The predicted octanol–water partition coefficient (Wildman–Crippen LogP) is 4.33. The van der Waals surface area contributed by atoms with Crippen molar-refractivity contribution < 1.29 is 0 Å². The van der Waals surface area contributed by atoms with E-state index in [2.05, 4.69) is 29.5 Å². The van der Waals surface area contributed by atoms with E-state index in [1.165, 1.54) is 55.6 Å². The molecule has 1 aliphatic rings. The minimum absolute atomic E-state index is 0.624. The molecule has 0 aliphatic heterocycles. The Morgan fingerprint density at radius 2 is 2.05 bits per heavy atom. The van der Waals surface area contributed by atoms with Crippen LogP contribution in [-0.4, -0.2) is 17.6 Å². The smallest absolute Gasteiger partial charge is 0.0943 e. The van der Waals surface area contributed by atoms with Crippen LogP contribution >= 0.6 is 11.3 Å². The van der Waals surface area contributed by atoms with Gasteiger partial charge < -0.3 is 5.32 Å². The Bertz CT molecular complexity index is 353. The quantitative estimate of drug-likeness (QED) is 0.784. The minimum Gasteiger partial charge on any atom is -0.314 e. The highest BCUT2D eigenvalue weighted by Gasteiger charge is 2.18. The van der Waals surface area contributed by atoms with Gasteiger partial charge in [0.1, 0.15) is 0 Å². The molecule has 1 unspecified atom stereocenters. The molecule has 0 aromatic carbocycles. The molecule has 0 saturated heterocycles. The maximum Gasteiger partial charge on any atom is 0.0943 e. The highest BCUT2D eigenvalue weighted by molar-refractivity contribution is 7.09. The van der Waals surface area contributed by atoms with Crippen LogP contribution in [0.4, 0.5) is 0 Å². The van der Waals surface area contributed by atoms with Crippen LogP contribution in [0.25, 0.3) is 0 Å². The van der Waals surface area contributed by atoms with Crippen molar-refractivity contribution in [3.8, 4) is 0 Å². The van der Waals surface area contributed by atoms with Crippen LogP contribution in [0.15, 0.2) is 5.38 Å². The fourth-order valence-electron chi connectivity index (χ4n) is 3.24. The fraction of sp³-hybridized carbons (Fsp3) is 0.812. The Kier molecular flexibility index (Phi) is 6.32. The molecule has 2 rings (SSSR count). The molecule has 1 heterocycles. The average Bonchev–Trinajstić information content (AvgIpc) is 2.64. The van der Waals surface area contributed by atoms with Crippen molar-refractivity contribution in [2.24, 2.45) is 5.92 Å². The highest BCUT2D eigenvalue weighted by Crippen LogP contribution is 2.27. The first-order valence-corrected chi connectivity index (χ1v) is 8.80. The Morgan fingerprint density at radius 3 is 2.63 bits per heavy atom. The summed E-state index contributed by atoms with van der Waals surface area (Å²) >= 11 is 1.82. The zero-order chi connectivity index (χ0) is 13.5. The van der Waals surface area contributed by atoms with Crippen LogP contribution in [0.1, 0.15) is 62.6 Å². The zero-order valence-corrected chi connectivity index (χ0v) is 13.3. The Morgan fingerprint density at radius 1 is 1.32 bits per heavy atom. The van der Waals surface area contributed by atoms with Gasteiger partial charge in [0.25, 0.3) is 0 Å². The van der Waals surface area contributed by atoms with E-state index >= 15 is 0 Å². The largest absolute Gasteiger partial charge is 0.314 e. The first kappa shape index (κ1) is 15.0. The van der Waals surface area contributed by atoms with Gasteiger partial charge in [-0.05, 0) is 25.8 Å². The Hall–Kier alpha value is -0.410. The van der Waals surface area contributed by atoms with E-state index in [-0.39, 0.29) is 0 Å². The first-order valence-electron chi connectivity index (χ1n) is 7.92. The minimum atomic E-state index is 0.624. The van der Waals surface area contributed by atoms with Gasteiger partial charge in [0.05, 0.1) is 5.01 Å². The fourth-order valence-corrected chi connectivity index (χ4v) is 4.09. The number of aryl methyl sites for hydroxylation is 1. The number of rotatable bonds is 6. The van der Waals surface area contributed by atoms with Crippen LogP contribution in [0.2, 0.25) is 0 Å². The summed E-state index contributed by atoms with van der Waals surface area (Å²) in [6, 6.07) is 0.624. The van der Waals surface area contributed by atoms with Crippen molar-refractivity contribution in [2.75, 3.05) is 6.54 Å². The summed E-state index contributed by atoms with van der Waals surface area (Å²) in [7, 11) is 0. The Labute approximate surface area is 122 Å². The van der Waals surface area contributed by atoms with Crippen molar-refractivity contribution in [3.63, 3.8) is 0 Å². The lowest BCUT2D eigenvalue weighted by atomic mass is 9.91. The SMILES string of the molecule is CCNC(Cc1nc(C)cs1)CC1CCCCCC1. The van der Waals surface area contributed by atoms with Crippen molar-refractivity contribution in [1.29, 1.82) is 0 Å². The van der Waals surface area contributed by atoms with E-state index < -0.39 is 0 Å². The van der Waals surface area contributed by atoms with Crippen molar-refractivity contribution >= 4 is 11.3 Å². The van der Waals surface area contributed by atoms with E-state index in [1.807, 2.05) is 11.3 Å². The molecule has 1 aromatic heterocycles. The van der Waals surface area contributed by atoms with Crippen LogP contribution in [0.3, 0.4) is 0 Å². The summed E-state index contributed by atoms with van der Waals surface area (Å²) in [5, 5.41) is 7.15. The predicted molar refractivity (Wildman–Crippen MR) is 83.8 cm³/mol. The summed E-state index contributed by atoms with van der Waals surface area (Å²) in [4.78, 5) is 4.62. The molecule has 0 bridgehead atoms. The lowest BCUT2D eigenvalue weighted by Crippen LogP contribution is -2.33. The number of nitrogens with one attached hydrogen (secondary N) is 1. The van der Waals surface area contributed by atoms with Crippen LogP contribution in [-0.2, 0) is 6.42 Å². The summed E-state index contributed by atoms with van der Waals surface area (Å²) < 4.78 is 0. The molecule has 0 spiro atoms. The number of thiazole rings is 1. The second-order valence-corrected chi connectivity index (χ2v) is 6.88. The molecular weight excluding hydrogens is 252 g/mol. The third-order valence-corrected chi connectivity index (χ3v) is 5.16. The molecule has 1 aromatic rings. The molecule has 1 N–H and O–H groups in total. The van der Waals surface area contributed by atoms with E-state index in [1.54, 1.807) is 0 Å². The van der Waals surface area contributed by atoms with E-state index in [4.69, 9.17) is 0 Å². The second kappa shape index (κ2) is 8.01. The van der Waals surface area contributed by atoms with Gasteiger partial charge >= 0.3 is 0 Å². The van der Waals surface area contributed by atoms with Gasteiger partial charge in [-0.25, -0.2) is 4.98 Å². The van der Waals surface area contributed by atoms with E-state index in [0.29, 0.717) is 6.04 Å². The molecule has 1 atom stereocenters. The molecule has 1 aliphatic carbocycles. The standard InChI is InChI=1S/C16H28N2S/c1-3-17-15(11-16-18-13(2)12-19-16)10-14-8-6-4-5-7-9-14/h12,14-15,17H,3-11H2,1-2H3. The maximum absolute atomic E-state index is 4.62. The molecule has 1 fully saturated rings. The highest BCUT2D eigenvalue weighted by atomic mass is 32.1. The average molecular weight is 280 g/mol. The van der Waals surface area contributed by atoms with Gasteiger partial charge in [-0.2, -0.15) is 0 Å². The van der Waals surface area contributed by atoms with Gasteiger partial charge in [0.15, 0.2) is 0 Å². The van der Waals surface area contributed by atoms with Crippen LogP contribution < -0.4 is 5.32 Å². The second-order valence-electron chi connectivity index (χ2n) is 5.93. The number of aromatic nitrogens is 1. The molecule has 19 heavy (non-hydrogen) atoms. The summed E-state index contributed by atoms with van der Waals surface area (Å²) in [5.41, 5.74) is 1.17. The molecule has 108 valence electrons. The summed E-state index contributed by atoms with van der Waals surface area (Å²) in [6.07, 6.45) is 11.1. The lowest BCUT2D eigenvalue weighted by Gasteiger charge is -2.22. The lowest BCUT2D eigenvalue weighted by molar-refractivity contribution is 0.352. The summed E-state index contributed by atoms with van der Waals surface area (Å²) in [5.74, 6) is 0.938. The van der Waals surface area contributed by atoms with Gasteiger partial charge in [-0.15, -0.1) is 11.3 Å². The van der Waals surface area contributed by atoms with Crippen LogP contribution in [0.5, 0.6) is 0 Å². The zero-order valence-electron chi connectivity index (χ0n) is 12.5. The van der Waals surface area contributed by atoms with Crippen molar-refractivity contribution in [3.05, 3.63) is 16.1 Å². The van der Waals surface area contributed by atoms with Gasteiger partial charge in [-0.1, -0.05) is 45.4 Å². The van der Waals surface area contributed by atoms with E-state index in [0.717, 1.165) is 18.9 Å². The van der Waals surface area contributed by atoms with Crippen LogP contribution in [0, 0.1) is 12.8 Å². The summed E-state index contributed by atoms with van der Waals surface area (Å²) in [6.45, 7) is 5.38. The van der Waals surface area contributed by atoms with Gasteiger partial charge in [-0.3, -0.25) is 0 Å². The number of hydrogen-bond acceptors (Lipinski definition) is 3. The molecule has 2 nitrogen and oxygen atoms in total. The van der Waals surface area contributed by atoms with E-state index in [9.17, 15) is 0 Å². The number of hydrogen-bond donors (Lipinski definition) is 1. The third kappa shape index (κ3) is 5.23. The van der Waals surface area contributed by atoms with Crippen molar-refractivity contribution in [1.82, 2.24) is 10.3 Å². The molecule has 1 saturated carbocycles. The third-order valence-electron chi connectivity index (χ3n) is 4.17. The number of likely N-dealkylation sites (N-methyl/N-ethyl adjacent to an activating group) is 1. The molecule has 0 amide bonds. The Balaban J connectivity index is 1.87. The molecule has 3 heteroatoms. The van der Waals surface area contributed by atoms with Gasteiger partial charge in [0, 0.05) is 23.5 Å². The molecule has 0 radical (unpaired) electrons. The maximum atomic E-state index is 4.62. The monoisotopic (exact) mass is 280 g/mol. The topological polar surface area (TPSA) is 24.9 Å². The number of nitrogens with zero attached hydrogens (tertiary/aromatic N) is 1. The van der Waals surface area contributed by atoms with Gasteiger partial charge in [0.2, 0.25) is 0 Å².